The van der Waals surface area contributed by atoms with Crippen LogP contribution in [0.15, 0.2) is 8.68 Å². The van der Waals surface area contributed by atoms with Crippen molar-refractivity contribution in [3.8, 4) is 0 Å². The Kier molecular flexibility index (Phi) is 6.31. The molecule has 0 aromatic carbocycles. The maximum Gasteiger partial charge on any atom is 0.324 e. The van der Waals surface area contributed by atoms with E-state index in [1.54, 1.807) is 18.7 Å². The van der Waals surface area contributed by atoms with Gasteiger partial charge in [0.25, 0.3) is 0 Å². The van der Waals surface area contributed by atoms with Crippen molar-refractivity contribution in [1.29, 1.82) is 0 Å². The van der Waals surface area contributed by atoms with Gasteiger partial charge in [-0.1, -0.05) is 48.2 Å². The summed E-state index contributed by atoms with van der Waals surface area (Å²) in [7, 11) is 0. The Labute approximate surface area is 136 Å². The van der Waals surface area contributed by atoms with E-state index in [2.05, 4.69) is 22.4 Å². The highest BCUT2D eigenvalue weighted by atomic mass is 32.2. The molecule has 1 N–H and O–H groups in total. The van der Waals surface area contributed by atoms with Gasteiger partial charge in [0.2, 0.25) is 5.91 Å². The number of aromatic nitrogens is 2. The number of carbonyl (C=O) groups excluding carboxylic acids is 2. The number of hydrogen-bond acceptors (Lipinski definition) is 7. The number of imide groups is 1. The smallest absolute Gasteiger partial charge is 0.324 e. The van der Waals surface area contributed by atoms with E-state index >= 15 is 0 Å². The summed E-state index contributed by atoms with van der Waals surface area (Å²) < 4.78 is 1.71. The Morgan fingerprint density at radius 3 is 2.90 bits per heavy atom. The summed E-state index contributed by atoms with van der Waals surface area (Å²) in [6.07, 6.45) is 2.32. The fraction of sp³-hybridized carbons (Fsp3) is 0.667. The zero-order valence-corrected chi connectivity index (χ0v) is 14.4. The predicted octanol–water partition coefficient (Wildman–Crippen LogP) is 2.46. The molecule has 1 aliphatic heterocycles. The van der Waals surface area contributed by atoms with Crippen LogP contribution in [0.3, 0.4) is 0 Å². The largest absolute Gasteiger partial charge is 0.336 e. The monoisotopic (exact) mass is 346 g/mol. The zero-order valence-electron chi connectivity index (χ0n) is 12.0. The summed E-state index contributed by atoms with van der Waals surface area (Å²) in [4.78, 5) is 24.9. The van der Waals surface area contributed by atoms with Crippen molar-refractivity contribution in [2.45, 2.75) is 40.6 Å². The first-order valence-corrected chi connectivity index (χ1v) is 9.52. The first kappa shape index (κ1) is 16.6. The number of nitrogens with one attached hydrogen (secondary N) is 1. The maximum absolute atomic E-state index is 12.2. The van der Waals surface area contributed by atoms with Gasteiger partial charge < -0.3 is 5.32 Å². The molecule has 3 amide bonds. The molecule has 0 aliphatic carbocycles. The van der Waals surface area contributed by atoms with E-state index in [9.17, 15) is 9.59 Å². The van der Waals surface area contributed by atoms with E-state index < -0.39 is 0 Å². The molecule has 1 aromatic rings. The van der Waals surface area contributed by atoms with Crippen LogP contribution in [0.1, 0.15) is 26.7 Å². The molecule has 2 rings (SSSR count). The molecule has 21 heavy (non-hydrogen) atoms. The maximum atomic E-state index is 12.2. The molecule has 0 bridgehead atoms. The van der Waals surface area contributed by atoms with Crippen molar-refractivity contribution >= 4 is 46.8 Å². The van der Waals surface area contributed by atoms with Gasteiger partial charge >= 0.3 is 6.03 Å². The highest BCUT2D eigenvalue weighted by Crippen LogP contribution is 2.32. The van der Waals surface area contributed by atoms with Gasteiger partial charge in [-0.3, -0.25) is 9.69 Å². The average Bonchev–Trinajstić information content (AvgIpc) is 3.07. The molecule has 1 saturated heterocycles. The van der Waals surface area contributed by atoms with Crippen LogP contribution in [0.2, 0.25) is 0 Å². The Hall–Kier alpha value is -0.800. The van der Waals surface area contributed by atoms with Gasteiger partial charge in [-0.2, -0.15) is 0 Å². The molecule has 0 saturated carbocycles. The third kappa shape index (κ3) is 4.58. The first-order valence-electron chi connectivity index (χ1n) is 6.84. The van der Waals surface area contributed by atoms with Crippen LogP contribution in [-0.4, -0.2) is 51.1 Å². The molecule has 9 heteroatoms. The number of urea groups is 1. The minimum absolute atomic E-state index is 0.176. The second-order valence-corrected chi connectivity index (χ2v) is 8.43. The lowest BCUT2D eigenvalue weighted by atomic mass is 10.4. The average molecular weight is 347 g/mol. The molecule has 0 spiro atoms. The number of carbonyl (C=O) groups is 2. The predicted molar refractivity (Wildman–Crippen MR) is 86.0 cm³/mol. The summed E-state index contributed by atoms with van der Waals surface area (Å²) in [6, 6.07) is -0.305. The molecule has 2 heterocycles. The molecule has 6 nitrogen and oxygen atoms in total. The van der Waals surface area contributed by atoms with Crippen LogP contribution in [-0.2, 0) is 4.79 Å². The summed E-state index contributed by atoms with van der Waals surface area (Å²) in [5, 5.41) is 10.5. The number of hydrogen-bond donors (Lipinski definition) is 1. The number of amides is 3. The number of unbranched alkanes of at least 4 members (excludes halogenated alkanes) is 1. The molecule has 0 unspecified atom stereocenters. The van der Waals surface area contributed by atoms with E-state index in [0.717, 1.165) is 27.3 Å². The van der Waals surface area contributed by atoms with Crippen molar-refractivity contribution < 1.29 is 9.59 Å². The van der Waals surface area contributed by atoms with Crippen molar-refractivity contribution in [2.24, 2.45) is 0 Å². The molecule has 1 atom stereocenters. The summed E-state index contributed by atoms with van der Waals surface area (Å²) >= 11 is 4.56. The number of rotatable bonds is 7. The quantitative estimate of drug-likeness (QED) is 0.604. The second kappa shape index (κ2) is 8.00. The lowest BCUT2D eigenvalue weighted by molar-refractivity contribution is -0.126. The summed E-state index contributed by atoms with van der Waals surface area (Å²) in [6.45, 7) is 4.92. The highest BCUT2D eigenvalue weighted by Gasteiger charge is 2.30. The van der Waals surface area contributed by atoms with E-state index in [4.69, 9.17) is 0 Å². The minimum atomic E-state index is -0.338. The van der Waals surface area contributed by atoms with Crippen LogP contribution >= 0.6 is 34.9 Å². The van der Waals surface area contributed by atoms with E-state index in [1.165, 1.54) is 28.0 Å². The minimum Gasteiger partial charge on any atom is -0.336 e. The number of nitrogens with zero attached hydrogens (tertiary/aromatic N) is 3. The van der Waals surface area contributed by atoms with Gasteiger partial charge in [0.1, 0.15) is 0 Å². The molecule has 1 aliphatic rings. The zero-order chi connectivity index (χ0) is 15.2. The Balaban J connectivity index is 1.86. The van der Waals surface area contributed by atoms with Crippen LogP contribution < -0.4 is 5.32 Å². The molecular weight excluding hydrogens is 328 g/mol. The lowest BCUT2D eigenvalue weighted by Crippen LogP contribution is -2.38. The van der Waals surface area contributed by atoms with Gasteiger partial charge in [-0.05, 0) is 13.3 Å². The fourth-order valence-corrected chi connectivity index (χ4v) is 5.09. The van der Waals surface area contributed by atoms with Gasteiger partial charge in [0.15, 0.2) is 8.68 Å². The van der Waals surface area contributed by atoms with Gasteiger partial charge in [-0.25, -0.2) is 4.79 Å². The molecule has 116 valence electrons. The van der Waals surface area contributed by atoms with Crippen molar-refractivity contribution in [3.63, 3.8) is 0 Å². The normalized spacial score (nSPS) is 16.1. The Morgan fingerprint density at radius 2 is 2.24 bits per heavy atom. The van der Waals surface area contributed by atoms with Crippen molar-refractivity contribution in [1.82, 2.24) is 20.4 Å². The Morgan fingerprint density at radius 1 is 1.48 bits per heavy atom. The lowest BCUT2D eigenvalue weighted by Gasteiger charge is -2.16. The molecule has 0 radical (unpaired) electrons. The van der Waals surface area contributed by atoms with Gasteiger partial charge in [-0.15, -0.1) is 10.2 Å². The third-order valence-corrected chi connectivity index (χ3v) is 6.17. The summed E-state index contributed by atoms with van der Waals surface area (Å²) in [5.74, 6) is 0.864. The SMILES string of the molecule is CCCCSc1nnc(S[C@H](C)C(=O)N2CCNC2=O)s1. The standard InChI is InChI=1S/C12H18N4O2S3/c1-3-4-7-19-11-14-15-12(21-11)20-8(2)9(17)16-6-5-13-10(16)18/h8H,3-7H2,1-2H3,(H,13,18)/t8-/m1/s1. The van der Waals surface area contributed by atoms with Crippen LogP contribution in [0.25, 0.3) is 0 Å². The fourth-order valence-electron chi connectivity index (χ4n) is 1.71. The molecular formula is C12H18N4O2S3. The van der Waals surface area contributed by atoms with Gasteiger partial charge in [0, 0.05) is 18.8 Å². The van der Waals surface area contributed by atoms with Crippen LogP contribution in [0.5, 0.6) is 0 Å². The Bertz CT molecular complexity index is 508. The van der Waals surface area contributed by atoms with E-state index in [0.29, 0.717) is 13.1 Å². The van der Waals surface area contributed by atoms with Crippen LogP contribution in [0, 0.1) is 0 Å². The number of thioether (sulfide) groups is 2. The van der Waals surface area contributed by atoms with E-state index in [-0.39, 0.29) is 17.2 Å². The molecule has 1 aromatic heterocycles. The second-order valence-electron chi connectivity index (χ2n) is 4.52. The van der Waals surface area contributed by atoms with Crippen molar-refractivity contribution in [2.75, 3.05) is 18.8 Å². The van der Waals surface area contributed by atoms with Crippen LogP contribution in [0.4, 0.5) is 4.79 Å². The first-order chi connectivity index (χ1) is 10.1. The third-order valence-electron chi connectivity index (χ3n) is 2.86. The summed E-state index contributed by atoms with van der Waals surface area (Å²) in [5.41, 5.74) is 0. The molecule has 1 fully saturated rings. The van der Waals surface area contributed by atoms with E-state index in [1.807, 2.05) is 0 Å². The van der Waals surface area contributed by atoms with Gasteiger partial charge in [0.05, 0.1) is 5.25 Å². The topological polar surface area (TPSA) is 75.2 Å². The highest BCUT2D eigenvalue weighted by molar-refractivity contribution is 8.03. The van der Waals surface area contributed by atoms with Crippen molar-refractivity contribution in [3.05, 3.63) is 0 Å².